The van der Waals surface area contributed by atoms with Gasteiger partial charge in [-0.15, -0.1) is 11.3 Å². The van der Waals surface area contributed by atoms with Gasteiger partial charge in [-0.1, -0.05) is 0 Å². The average Bonchev–Trinajstić information content (AvgIpc) is 3.61. The second-order valence-electron chi connectivity index (χ2n) is 8.84. The number of halogens is 1. The van der Waals surface area contributed by atoms with Gasteiger partial charge >= 0.3 is 0 Å². The maximum atomic E-state index is 16.1. The van der Waals surface area contributed by atoms with Crippen LogP contribution in [0, 0.1) is 5.82 Å². The van der Waals surface area contributed by atoms with Crippen molar-refractivity contribution in [1.29, 1.82) is 0 Å². The molecule has 6 rings (SSSR count). The van der Waals surface area contributed by atoms with Crippen molar-refractivity contribution in [3.63, 3.8) is 0 Å². The van der Waals surface area contributed by atoms with Crippen LogP contribution in [0.15, 0.2) is 49.1 Å². The predicted molar refractivity (Wildman–Crippen MR) is 142 cm³/mol. The van der Waals surface area contributed by atoms with Crippen molar-refractivity contribution >= 4 is 44.9 Å². The van der Waals surface area contributed by atoms with E-state index in [4.69, 9.17) is 4.98 Å². The van der Waals surface area contributed by atoms with Gasteiger partial charge in [0.1, 0.15) is 22.7 Å². The molecule has 0 unspecified atom stereocenters. The number of nitrogens with one attached hydrogen (secondary N) is 1. The van der Waals surface area contributed by atoms with Crippen LogP contribution in [0.4, 0.5) is 10.1 Å². The molecular weight excluding hydrogens is 491 g/mol. The molecule has 6 aromatic rings. The van der Waals surface area contributed by atoms with Crippen LogP contribution in [0.25, 0.3) is 55.3 Å². The Hall–Kier alpha value is -4.51. The summed E-state index contributed by atoms with van der Waals surface area (Å²) in [5, 5.41) is 4.82. The number of anilines is 1. The van der Waals surface area contributed by atoms with E-state index in [1.165, 1.54) is 29.1 Å². The molecule has 0 aliphatic rings. The molecule has 1 N–H and O–H groups in total. The summed E-state index contributed by atoms with van der Waals surface area (Å²) in [6, 6.07) is 7.31. The molecule has 37 heavy (non-hydrogen) atoms. The normalized spacial score (nSPS) is 11.5. The number of H-pyrrole nitrogens is 1. The number of pyridine rings is 3. The Bertz CT molecular complexity index is 1830. The van der Waals surface area contributed by atoms with Crippen molar-refractivity contribution in [2.75, 3.05) is 19.0 Å². The van der Waals surface area contributed by atoms with Crippen molar-refractivity contribution in [1.82, 2.24) is 34.7 Å². The topological polar surface area (TPSA) is 105 Å². The Kier molecular flexibility index (Phi) is 5.30. The van der Waals surface area contributed by atoms with Gasteiger partial charge in [0.2, 0.25) is 0 Å². The van der Waals surface area contributed by atoms with Crippen LogP contribution >= 0.6 is 11.3 Å². The number of aromatic nitrogens is 7. The van der Waals surface area contributed by atoms with Gasteiger partial charge in [-0.3, -0.25) is 14.8 Å². The highest BCUT2D eigenvalue weighted by molar-refractivity contribution is 7.17. The molecule has 0 saturated carbocycles. The maximum Gasteiger partial charge on any atom is 0.169 e. The standard InChI is InChI=1S/C26H21FN8OS/c1-13(36)18-5-6-19(37-18)23-22-17(7-8-29-23)31-25(32-22)24-20-21(27)16(12-30-26(20)35(4)33-24)14-9-15(34(2)3)11-28-10-14/h5-12H,1-4H3,(H,31,32). The number of rotatable bonds is 5. The third kappa shape index (κ3) is 3.75. The number of hydrogen-bond acceptors (Lipinski definition) is 8. The molecule has 0 aromatic carbocycles. The molecule has 6 aromatic heterocycles. The number of carbonyl (C=O) groups is 1. The molecule has 6 heterocycles. The molecule has 0 atom stereocenters. The van der Waals surface area contributed by atoms with Crippen LogP contribution in [0.3, 0.4) is 0 Å². The molecule has 0 aliphatic heterocycles. The molecular formula is C26H21FN8OS. The number of hydrogen-bond donors (Lipinski definition) is 1. The summed E-state index contributed by atoms with van der Waals surface area (Å²) in [7, 11) is 5.52. The van der Waals surface area contributed by atoms with Crippen molar-refractivity contribution in [2.45, 2.75) is 6.92 Å². The van der Waals surface area contributed by atoms with Crippen molar-refractivity contribution < 1.29 is 9.18 Å². The zero-order valence-corrected chi connectivity index (χ0v) is 21.3. The molecule has 0 bridgehead atoms. The van der Waals surface area contributed by atoms with E-state index in [1.807, 2.05) is 31.1 Å². The number of aromatic amines is 1. The molecule has 0 saturated heterocycles. The van der Waals surface area contributed by atoms with Crippen LogP contribution < -0.4 is 4.90 Å². The largest absolute Gasteiger partial charge is 0.376 e. The lowest BCUT2D eigenvalue weighted by atomic mass is 10.1. The Morgan fingerprint density at radius 2 is 1.95 bits per heavy atom. The highest BCUT2D eigenvalue weighted by Crippen LogP contribution is 2.36. The SMILES string of the molecule is CC(=O)c1ccc(-c2nccc3[nH]c(-c4nn(C)c5ncc(-c6cncc(N(C)C)c6)c(F)c45)nc23)s1. The molecule has 0 aliphatic carbocycles. The summed E-state index contributed by atoms with van der Waals surface area (Å²) < 4.78 is 17.6. The molecule has 9 nitrogen and oxygen atoms in total. The number of Topliss-reactive ketones (excluding diaryl/α,β-unsaturated/α-hetero) is 1. The van der Waals surface area contributed by atoms with Crippen molar-refractivity contribution in [3.8, 4) is 33.2 Å². The van der Waals surface area contributed by atoms with Gasteiger partial charge in [0, 0.05) is 50.9 Å². The van der Waals surface area contributed by atoms with Crippen LogP contribution in [-0.2, 0) is 7.05 Å². The minimum absolute atomic E-state index is 0.00352. The molecule has 0 radical (unpaired) electrons. The third-order valence-electron chi connectivity index (χ3n) is 6.15. The first kappa shape index (κ1) is 22.9. The van der Waals surface area contributed by atoms with E-state index >= 15 is 4.39 Å². The fourth-order valence-corrected chi connectivity index (χ4v) is 5.15. The maximum absolute atomic E-state index is 16.1. The predicted octanol–water partition coefficient (Wildman–Crippen LogP) is 5.10. The molecule has 11 heteroatoms. The van der Waals surface area contributed by atoms with Gasteiger partial charge in [0.05, 0.1) is 32.5 Å². The average molecular weight is 513 g/mol. The summed E-state index contributed by atoms with van der Waals surface area (Å²) in [4.78, 5) is 36.5. The zero-order chi connectivity index (χ0) is 25.8. The Morgan fingerprint density at radius 3 is 2.70 bits per heavy atom. The van der Waals surface area contributed by atoms with Gasteiger partial charge in [0.25, 0.3) is 0 Å². The number of fused-ring (bicyclic) bond motifs is 2. The highest BCUT2D eigenvalue weighted by Gasteiger charge is 2.23. The minimum atomic E-state index is -0.450. The Morgan fingerprint density at radius 1 is 1.11 bits per heavy atom. The summed E-state index contributed by atoms with van der Waals surface area (Å²) >= 11 is 1.36. The number of aryl methyl sites for hydroxylation is 1. The highest BCUT2D eigenvalue weighted by atomic mass is 32.1. The molecule has 184 valence electrons. The van der Waals surface area contributed by atoms with E-state index in [0.29, 0.717) is 44.4 Å². The van der Waals surface area contributed by atoms with Crippen molar-refractivity contribution in [3.05, 3.63) is 59.7 Å². The first-order valence-corrected chi connectivity index (χ1v) is 12.2. The van der Waals surface area contributed by atoms with Crippen LogP contribution in [-0.4, -0.2) is 54.6 Å². The Labute approximate surface area is 214 Å². The lowest BCUT2D eigenvalue weighted by Crippen LogP contribution is -2.08. The zero-order valence-electron chi connectivity index (χ0n) is 20.4. The second kappa shape index (κ2) is 8.56. The lowest BCUT2D eigenvalue weighted by molar-refractivity contribution is 0.102. The van der Waals surface area contributed by atoms with Crippen LogP contribution in [0.1, 0.15) is 16.6 Å². The summed E-state index contributed by atoms with van der Waals surface area (Å²) in [6.45, 7) is 1.53. The van der Waals surface area contributed by atoms with Gasteiger partial charge in [-0.2, -0.15) is 5.10 Å². The van der Waals surface area contributed by atoms with Crippen molar-refractivity contribution in [2.24, 2.45) is 7.05 Å². The number of thiophene rings is 1. The Balaban J connectivity index is 1.53. The summed E-state index contributed by atoms with van der Waals surface area (Å²) in [6.07, 6.45) is 6.51. The van der Waals surface area contributed by atoms with E-state index in [9.17, 15) is 4.79 Å². The first-order valence-electron chi connectivity index (χ1n) is 11.4. The van der Waals surface area contributed by atoms with Crippen LogP contribution in [0.2, 0.25) is 0 Å². The lowest BCUT2D eigenvalue weighted by Gasteiger charge is -2.13. The second-order valence-corrected chi connectivity index (χ2v) is 9.93. The molecule has 0 fully saturated rings. The molecule has 0 spiro atoms. The fraction of sp³-hybridized carbons (Fsp3) is 0.154. The monoisotopic (exact) mass is 512 g/mol. The first-order chi connectivity index (χ1) is 17.8. The fourth-order valence-electron chi connectivity index (χ4n) is 4.25. The van der Waals surface area contributed by atoms with Gasteiger partial charge in [-0.05, 0) is 31.2 Å². The van der Waals surface area contributed by atoms with Gasteiger partial charge in [-0.25, -0.2) is 19.0 Å². The number of ketones is 1. The van der Waals surface area contributed by atoms with E-state index in [1.54, 1.807) is 37.8 Å². The third-order valence-corrected chi connectivity index (χ3v) is 7.34. The smallest absolute Gasteiger partial charge is 0.169 e. The van der Waals surface area contributed by atoms with Gasteiger partial charge < -0.3 is 9.88 Å². The van der Waals surface area contributed by atoms with E-state index in [-0.39, 0.29) is 11.2 Å². The minimum Gasteiger partial charge on any atom is -0.376 e. The number of carbonyl (C=O) groups excluding carboxylic acids is 1. The van der Waals surface area contributed by atoms with E-state index in [2.05, 4.69) is 25.0 Å². The quantitative estimate of drug-likeness (QED) is 0.320. The summed E-state index contributed by atoms with van der Waals surface area (Å²) in [5.41, 5.74) is 4.51. The summed E-state index contributed by atoms with van der Waals surface area (Å²) in [5.74, 6) is -0.0543. The van der Waals surface area contributed by atoms with Gasteiger partial charge in [0.15, 0.2) is 17.3 Å². The number of imidazole rings is 1. The van der Waals surface area contributed by atoms with E-state index in [0.717, 1.165) is 16.1 Å². The molecule has 0 amide bonds. The van der Waals surface area contributed by atoms with Crippen LogP contribution in [0.5, 0.6) is 0 Å². The number of nitrogens with zero attached hydrogens (tertiary/aromatic N) is 7. The van der Waals surface area contributed by atoms with E-state index < -0.39 is 5.82 Å².